The molecule has 1 rings (SSSR count). The predicted octanol–water partition coefficient (Wildman–Crippen LogP) is -1.56. The van der Waals surface area contributed by atoms with Crippen molar-refractivity contribution in [2.24, 2.45) is 28.1 Å². The van der Waals surface area contributed by atoms with Gasteiger partial charge in [0.25, 0.3) is 0 Å². The molecule has 0 bridgehead atoms. The molecule has 1 aromatic carbocycles. The molecule has 0 radical (unpaired) electrons. The smallest absolute Gasteiger partial charge is 0.326 e. The van der Waals surface area contributed by atoms with Gasteiger partial charge in [0.2, 0.25) is 17.7 Å². The zero-order chi connectivity index (χ0) is 25.7. The molecule has 3 amide bonds. The van der Waals surface area contributed by atoms with Crippen molar-refractivity contribution in [1.82, 2.24) is 16.0 Å². The van der Waals surface area contributed by atoms with Gasteiger partial charge in [-0.25, -0.2) is 4.79 Å². The number of nitrogens with two attached hydrogens (primary N) is 3. The highest BCUT2D eigenvalue weighted by molar-refractivity contribution is 5.93. The van der Waals surface area contributed by atoms with Crippen molar-refractivity contribution in [3.63, 3.8) is 0 Å². The molecule has 0 aliphatic carbocycles. The summed E-state index contributed by atoms with van der Waals surface area (Å²) in [6, 6.07) is 5.81. The standard InChI is InChI=1S/C22H35N7O5/c1-13(2)18(21(33)34)29-19(31)15(9-6-10-26-22(24)25)28-20(32)16(27-17(30)12-23)11-14-7-4-3-5-8-14/h3-5,7-8,13,15-16,18H,6,9-12,23H2,1-2H3,(H,27,30)(H,28,32)(H,29,31)(H,33,34)(H4,24,25,26). The van der Waals surface area contributed by atoms with Crippen molar-refractivity contribution in [3.05, 3.63) is 35.9 Å². The Bertz CT molecular complexity index is 856. The van der Waals surface area contributed by atoms with Crippen LogP contribution < -0.4 is 33.2 Å². The van der Waals surface area contributed by atoms with Gasteiger partial charge >= 0.3 is 5.97 Å². The number of carbonyl (C=O) groups excluding carboxylic acids is 3. The van der Waals surface area contributed by atoms with Crippen LogP contribution in [0.2, 0.25) is 0 Å². The molecular formula is C22H35N7O5. The maximum atomic E-state index is 13.1. The first-order valence-corrected chi connectivity index (χ1v) is 11.0. The number of nitrogens with zero attached hydrogens (tertiary/aromatic N) is 1. The van der Waals surface area contributed by atoms with Gasteiger partial charge in [-0.05, 0) is 24.3 Å². The molecule has 12 heteroatoms. The predicted molar refractivity (Wildman–Crippen MR) is 127 cm³/mol. The summed E-state index contributed by atoms with van der Waals surface area (Å²) in [6.07, 6.45) is 0.653. The van der Waals surface area contributed by atoms with Gasteiger partial charge in [-0.1, -0.05) is 44.2 Å². The molecule has 12 nitrogen and oxygen atoms in total. The molecule has 188 valence electrons. The lowest BCUT2D eigenvalue weighted by Crippen LogP contribution is -2.57. The summed E-state index contributed by atoms with van der Waals surface area (Å²) < 4.78 is 0. The van der Waals surface area contributed by atoms with E-state index in [1.165, 1.54) is 0 Å². The average Bonchev–Trinajstić information content (AvgIpc) is 2.78. The van der Waals surface area contributed by atoms with Crippen LogP contribution in [-0.2, 0) is 25.6 Å². The summed E-state index contributed by atoms with van der Waals surface area (Å²) in [5.41, 5.74) is 16.8. The fraction of sp³-hybridized carbons (Fsp3) is 0.500. The minimum atomic E-state index is -1.19. The third-order valence-corrected chi connectivity index (χ3v) is 4.93. The van der Waals surface area contributed by atoms with Gasteiger partial charge in [0.05, 0.1) is 6.54 Å². The molecule has 0 aliphatic heterocycles. The van der Waals surface area contributed by atoms with Gasteiger partial charge in [-0.15, -0.1) is 0 Å². The number of carboxylic acids is 1. The van der Waals surface area contributed by atoms with E-state index in [1.54, 1.807) is 38.1 Å². The van der Waals surface area contributed by atoms with E-state index in [9.17, 15) is 24.3 Å². The van der Waals surface area contributed by atoms with Crippen molar-refractivity contribution in [2.45, 2.75) is 51.2 Å². The van der Waals surface area contributed by atoms with Crippen molar-refractivity contribution >= 4 is 29.7 Å². The summed E-state index contributed by atoms with van der Waals surface area (Å²) >= 11 is 0. The Morgan fingerprint density at radius 3 is 2.12 bits per heavy atom. The number of benzene rings is 1. The summed E-state index contributed by atoms with van der Waals surface area (Å²) in [6.45, 7) is 3.22. The number of amides is 3. The summed E-state index contributed by atoms with van der Waals surface area (Å²) in [5, 5.41) is 17.1. The minimum Gasteiger partial charge on any atom is -0.480 e. The lowest BCUT2D eigenvalue weighted by Gasteiger charge is -2.25. The van der Waals surface area contributed by atoms with E-state index in [0.717, 1.165) is 5.56 Å². The van der Waals surface area contributed by atoms with E-state index >= 15 is 0 Å². The van der Waals surface area contributed by atoms with Crippen LogP contribution in [0.1, 0.15) is 32.3 Å². The van der Waals surface area contributed by atoms with Crippen LogP contribution in [0.3, 0.4) is 0 Å². The number of rotatable bonds is 14. The Morgan fingerprint density at radius 2 is 1.59 bits per heavy atom. The van der Waals surface area contributed by atoms with Crippen molar-refractivity contribution < 1.29 is 24.3 Å². The fourth-order valence-corrected chi connectivity index (χ4v) is 3.12. The number of carboxylic acid groups (broad SMARTS) is 1. The van der Waals surface area contributed by atoms with E-state index in [1.807, 2.05) is 6.07 Å². The van der Waals surface area contributed by atoms with Crippen LogP contribution in [0.15, 0.2) is 35.3 Å². The first kappa shape index (κ1) is 28.4. The first-order chi connectivity index (χ1) is 16.0. The Hall–Kier alpha value is -3.67. The van der Waals surface area contributed by atoms with Gasteiger partial charge in [-0.2, -0.15) is 0 Å². The van der Waals surface area contributed by atoms with Gasteiger partial charge < -0.3 is 38.3 Å². The zero-order valence-electron chi connectivity index (χ0n) is 19.5. The summed E-state index contributed by atoms with van der Waals surface area (Å²) in [7, 11) is 0. The first-order valence-electron chi connectivity index (χ1n) is 11.0. The minimum absolute atomic E-state index is 0.108. The number of hydrogen-bond acceptors (Lipinski definition) is 6. The van der Waals surface area contributed by atoms with E-state index < -0.39 is 41.8 Å². The normalized spacial score (nSPS) is 13.3. The van der Waals surface area contributed by atoms with Crippen LogP contribution in [0.4, 0.5) is 0 Å². The molecular weight excluding hydrogens is 442 g/mol. The van der Waals surface area contributed by atoms with Gasteiger partial charge in [0.15, 0.2) is 5.96 Å². The van der Waals surface area contributed by atoms with Gasteiger partial charge in [0, 0.05) is 13.0 Å². The van der Waals surface area contributed by atoms with Gasteiger partial charge in [0.1, 0.15) is 18.1 Å². The Kier molecular flexibility index (Phi) is 12.1. The van der Waals surface area contributed by atoms with E-state index in [4.69, 9.17) is 17.2 Å². The van der Waals surface area contributed by atoms with Crippen molar-refractivity contribution in [2.75, 3.05) is 13.1 Å². The second-order valence-electron chi connectivity index (χ2n) is 8.09. The average molecular weight is 478 g/mol. The summed E-state index contributed by atoms with van der Waals surface area (Å²) in [5.74, 6) is -3.48. The third kappa shape index (κ3) is 10.3. The highest BCUT2D eigenvalue weighted by atomic mass is 16.4. The molecule has 0 aromatic heterocycles. The molecule has 0 saturated heterocycles. The van der Waals surface area contributed by atoms with Crippen LogP contribution in [-0.4, -0.2) is 66.0 Å². The quantitative estimate of drug-likeness (QED) is 0.0942. The summed E-state index contributed by atoms with van der Waals surface area (Å²) in [4.78, 5) is 53.3. The van der Waals surface area contributed by atoms with Crippen molar-refractivity contribution in [3.8, 4) is 0 Å². The van der Waals surface area contributed by atoms with Crippen LogP contribution in [0.25, 0.3) is 0 Å². The van der Waals surface area contributed by atoms with E-state index in [-0.39, 0.29) is 37.8 Å². The zero-order valence-corrected chi connectivity index (χ0v) is 19.5. The second kappa shape index (κ2) is 14.5. The van der Waals surface area contributed by atoms with Crippen LogP contribution in [0.5, 0.6) is 0 Å². The third-order valence-electron chi connectivity index (χ3n) is 4.93. The SMILES string of the molecule is CC(C)C(NC(=O)C(CCCN=C(N)N)NC(=O)C(Cc1ccccc1)NC(=O)CN)C(=O)O. The molecule has 0 heterocycles. The second-order valence-corrected chi connectivity index (χ2v) is 8.09. The van der Waals surface area contributed by atoms with Gasteiger partial charge in [-0.3, -0.25) is 19.4 Å². The fourth-order valence-electron chi connectivity index (χ4n) is 3.12. The number of guanidine groups is 1. The number of aliphatic imine (C=N–C) groups is 1. The monoisotopic (exact) mass is 477 g/mol. The lowest BCUT2D eigenvalue weighted by atomic mass is 10.0. The number of nitrogens with one attached hydrogen (secondary N) is 3. The molecule has 3 atom stereocenters. The number of carbonyl (C=O) groups is 4. The molecule has 0 aliphatic rings. The topological polar surface area (TPSA) is 215 Å². The maximum Gasteiger partial charge on any atom is 0.326 e. The Morgan fingerprint density at radius 1 is 0.971 bits per heavy atom. The largest absolute Gasteiger partial charge is 0.480 e. The number of aliphatic carboxylic acids is 1. The molecule has 1 aromatic rings. The Balaban J connectivity index is 3.05. The van der Waals surface area contributed by atoms with Crippen molar-refractivity contribution in [1.29, 1.82) is 0 Å². The highest BCUT2D eigenvalue weighted by Gasteiger charge is 2.30. The van der Waals surface area contributed by atoms with E-state index in [2.05, 4.69) is 20.9 Å². The molecule has 10 N–H and O–H groups in total. The highest BCUT2D eigenvalue weighted by Crippen LogP contribution is 2.08. The molecule has 0 saturated carbocycles. The lowest BCUT2D eigenvalue weighted by molar-refractivity contribution is -0.143. The number of hydrogen-bond donors (Lipinski definition) is 7. The molecule has 0 spiro atoms. The van der Waals surface area contributed by atoms with E-state index in [0.29, 0.717) is 6.42 Å². The van der Waals surface area contributed by atoms with Crippen LogP contribution >= 0.6 is 0 Å². The van der Waals surface area contributed by atoms with Crippen LogP contribution in [0, 0.1) is 5.92 Å². The molecule has 34 heavy (non-hydrogen) atoms. The molecule has 0 fully saturated rings. The Labute approximate surface area is 198 Å². The maximum absolute atomic E-state index is 13.1. The molecule has 3 unspecified atom stereocenters.